The molecule has 4 rings (SSSR count). The normalized spacial score (nSPS) is 21.4. The van der Waals surface area contributed by atoms with Gasteiger partial charge in [0.15, 0.2) is 0 Å². The van der Waals surface area contributed by atoms with E-state index in [1.807, 2.05) is 0 Å². The van der Waals surface area contributed by atoms with Crippen molar-refractivity contribution in [3.63, 3.8) is 0 Å². The average molecular weight is 798 g/mol. The van der Waals surface area contributed by atoms with Crippen LogP contribution >= 0.6 is 0 Å². The highest BCUT2D eigenvalue weighted by Crippen LogP contribution is 2.37. The number of carbonyl (C=O) groups is 4. The number of hydrogen-bond acceptors (Lipinski definition) is 12. The van der Waals surface area contributed by atoms with Crippen molar-refractivity contribution in [3.05, 3.63) is 70.8 Å². The monoisotopic (exact) mass is 797 g/mol. The molecule has 2 aliphatic carbocycles. The van der Waals surface area contributed by atoms with Gasteiger partial charge in [0.2, 0.25) is 0 Å². The first-order chi connectivity index (χ1) is 27.2. The van der Waals surface area contributed by atoms with Gasteiger partial charge in [0.05, 0.1) is 31.5 Å². The van der Waals surface area contributed by atoms with Gasteiger partial charge in [-0.3, -0.25) is 19.6 Å². The molecule has 0 radical (unpaired) electrons. The molecule has 15 heteroatoms. The highest BCUT2D eigenvalue weighted by atomic mass is 16.5. The van der Waals surface area contributed by atoms with Gasteiger partial charge in [-0.2, -0.15) is 0 Å². The summed E-state index contributed by atoms with van der Waals surface area (Å²) in [6.45, 7) is 5.86. The second-order valence-electron chi connectivity index (χ2n) is 15.6. The van der Waals surface area contributed by atoms with Gasteiger partial charge < -0.3 is 47.3 Å². The standard InChI is InChI=1S/C22H26N2O5.C21H25N3O5/c1-21(2,23)18(20(27)29-3)24-19(26)17-10-8-15(9-11-17)6-4-5-7-16-12-22(28,13-16)14-25;1-20(2,22)17(19(27)24-29)23-18(26)16-9-7-14(8-10-16)5-3-4-6-15-11-21(28,12-15)13-25/h8-11,16,18,25,28H,12-14,23H2,1-3H3,(H,24,26);7-10,15,17,25,28-29H,11-13,22H2,1-2H3,(H,23,26)(H,24,27)/t16?,18-,22?;15?,17-,21?/m11/s1. The summed E-state index contributed by atoms with van der Waals surface area (Å²) >= 11 is 0. The van der Waals surface area contributed by atoms with E-state index in [-0.39, 0.29) is 25.0 Å². The molecule has 0 aromatic heterocycles. The van der Waals surface area contributed by atoms with Gasteiger partial charge in [0.25, 0.3) is 17.7 Å². The Kier molecular flexibility index (Phi) is 16.2. The number of esters is 1. The van der Waals surface area contributed by atoms with Crippen LogP contribution in [0.1, 0.15) is 85.2 Å². The summed E-state index contributed by atoms with van der Waals surface area (Å²) in [6.07, 6.45) is 1.79. The first-order valence-corrected chi connectivity index (χ1v) is 18.3. The molecule has 0 aliphatic heterocycles. The number of rotatable bonds is 10. The summed E-state index contributed by atoms with van der Waals surface area (Å²) in [5.41, 5.74) is 11.3. The van der Waals surface area contributed by atoms with E-state index >= 15 is 0 Å². The molecule has 0 unspecified atom stereocenters. The zero-order valence-electron chi connectivity index (χ0n) is 33.1. The summed E-state index contributed by atoms with van der Waals surface area (Å²) in [5.74, 6) is 20.2. The van der Waals surface area contributed by atoms with E-state index < -0.39 is 58.1 Å². The van der Waals surface area contributed by atoms with Crippen LogP contribution in [0.2, 0.25) is 0 Å². The quantitative estimate of drug-likeness (QED) is 0.0643. The molecule has 0 spiro atoms. The van der Waals surface area contributed by atoms with Crippen LogP contribution < -0.4 is 27.6 Å². The molecule has 58 heavy (non-hydrogen) atoms. The number of methoxy groups -OCH3 is 1. The van der Waals surface area contributed by atoms with Crippen molar-refractivity contribution in [2.75, 3.05) is 20.3 Å². The number of benzene rings is 2. The van der Waals surface area contributed by atoms with Crippen LogP contribution in [0.15, 0.2) is 48.5 Å². The molecule has 308 valence electrons. The van der Waals surface area contributed by atoms with E-state index in [9.17, 15) is 29.4 Å². The fourth-order valence-electron chi connectivity index (χ4n) is 5.82. The van der Waals surface area contributed by atoms with Crippen LogP contribution in [0.4, 0.5) is 0 Å². The minimum absolute atomic E-state index is 0.0309. The zero-order chi connectivity index (χ0) is 43.3. The first kappa shape index (κ1) is 46.7. The molecule has 15 nitrogen and oxygen atoms in total. The van der Waals surface area contributed by atoms with Gasteiger partial charge in [-0.15, -0.1) is 0 Å². The third-order valence-electron chi connectivity index (χ3n) is 9.33. The molecule has 2 aliphatic rings. The van der Waals surface area contributed by atoms with Crippen LogP contribution in [0.3, 0.4) is 0 Å². The van der Waals surface area contributed by atoms with Gasteiger partial charge in [-0.05, 0) is 126 Å². The number of aliphatic hydroxyl groups is 4. The highest BCUT2D eigenvalue weighted by Gasteiger charge is 2.42. The smallest absolute Gasteiger partial charge is 0.330 e. The Morgan fingerprint density at radius 1 is 0.707 bits per heavy atom. The van der Waals surface area contributed by atoms with Crippen LogP contribution in [0, 0.1) is 59.2 Å². The molecule has 0 bridgehead atoms. The Morgan fingerprint density at radius 3 is 1.38 bits per heavy atom. The third kappa shape index (κ3) is 13.7. The molecule has 2 fully saturated rings. The topological polar surface area (TPSA) is 267 Å². The van der Waals surface area contributed by atoms with Gasteiger partial charge in [-0.25, -0.2) is 10.3 Å². The van der Waals surface area contributed by atoms with Crippen molar-refractivity contribution in [2.45, 2.75) is 87.7 Å². The molecule has 3 amide bonds. The Hall–Kier alpha value is -5.72. The number of carbonyl (C=O) groups excluding carboxylic acids is 4. The van der Waals surface area contributed by atoms with E-state index in [2.05, 4.69) is 58.0 Å². The molecule has 2 aromatic rings. The number of hydrogen-bond donors (Lipinski definition) is 10. The third-order valence-corrected chi connectivity index (χ3v) is 9.33. The minimum atomic E-state index is -1.12. The number of amides is 3. The van der Waals surface area contributed by atoms with Crippen LogP contribution in [0.5, 0.6) is 0 Å². The molecule has 2 atom stereocenters. The van der Waals surface area contributed by atoms with E-state index in [1.54, 1.807) is 76.2 Å². The van der Waals surface area contributed by atoms with Crippen molar-refractivity contribution < 1.29 is 49.5 Å². The molecular weight excluding hydrogens is 746 g/mol. The maximum Gasteiger partial charge on any atom is 0.330 e. The van der Waals surface area contributed by atoms with Crippen molar-refractivity contribution in [1.29, 1.82) is 0 Å². The van der Waals surface area contributed by atoms with Gasteiger partial charge >= 0.3 is 5.97 Å². The number of aliphatic hydroxyl groups excluding tert-OH is 2. The van der Waals surface area contributed by atoms with E-state index in [0.717, 1.165) is 0 Å². The highest BCUT2D eigenvalue weighted by molar-refractivity contribution is 5.98. The Morgan fingerprint density at radius 2 is 1.07 bits per heavy atom. The fraction of sp³-hybridized carbons (Fsp3) is 0.442. The van der Waals surface area contributed by atoms with Crippen molar-refractivity contribution in [1.82, 2.24) is 16.1 Å². The number of nitrogens with two attached hydrogens (primary N) is 2. The molecule has 0 heterocycles. The van der Waals surface area contributed by atoms with Gasteiger partial charge in [0, 0.05) is 45.2 Å². The molecule has 12 N–H and O–H groups in total. The zero-order valence-corrected chi connectivity index (χ0v) is 33.1. The van der Waals surface area contributed by atoms with Crippen LogP contribution in [-0.4, -0.2) is 104 Å². The molecule has 2 aromatic carbocycles. The molecular formula is C43H51N5O10. The summed E-state index contributed by atoms with van der Waals surface area (Å²) in [4.78, 5) is 48.4. The SMILES string of the molecule is CC(C)(N)[C@H](NC(=O)c1ccc(C#CC#CC2CC(O)(CO)C2)cc1)C(=O)NO.COC(=O)[C@@H](NC(=O)c1ccc(C#CC#CC2CC(O)(CO)C2)cc1)C(C)(C)N. The van der Waals surface area contributed by atoms with Crippen LogP contribution in [-0.2, 0) is 14.3 Å². The van der Waals surface area contributed by atoms with Gasteiger partial charge in [-0.1, -0.05) is 23.7 Å². The fourth-order valence-corrected chi connectivity index (χ4v) is 5.82. The largest absolute Gasteiger partial charge is 0.467 e. The Labute approximate surface area is 338 Å². The first-order valence-electron chi connectivity index (χ1n) is 18.3. The summed E-state index contributed by atoms with van der Waals surface area (Å²) in [6, 6.07) is 10.8. The number of ether oxygens (including phenoxy) is 1. The van der Waals surface area contributed by atoms with E-state index in [1.165, 1.54) is 12.6 Å². The van der Waals surface area contributed by atoms with E-state index in [4.69, 9.17) is 31.6 Å². The Balaban J connectivity index is 0.000000310. The van der Waals surface area contributed by atoms with Crippen molar-refractivity contribution >= 4 is 23.7 Å². The summed E-state index contributed by atoms with van der Waals surface area (Å²) in [5, 5.41) is 51.3. The summed E-state index contributed by atoms with van der Waals surface area (Å²) in [7, 11) is 1.24. The minimum Gasteiger partial charge on any atom is -0.467 e. The van der Waals surface area contributed by atoms with Crippen molar-refractivity contribution in [3.8, 4) is 47.4 Å². The molecule has 2 saturated carbocycles. The van der Waals surface area contributed by atoms with Gasteiger partial charge in [0.1, 0.15) is 12.1 Å². The maximum absolute atomic E-state index is 12.4. The lowest BCUT2D eigenvalue weighted by atomic mass is 9.72. The van der Waals surface area contributed by atoms with E-state index in [0.29, 0.717) is 47.9 Å². The second kappa shape index (κ2) is 20.1. The maximum atomic E-state index is 12.4. The molecule has 0 saturated heterocycles. The number of nitrogens with one attached hydrogen (secondary N) is 3. The van der Waals surface area contributed by atoms with Crippen LogP contribution in [0.25, 0.3) is 0 Å². The summed E-state index contributed by atoms with van der Waals surface area (Å²) < 4.78 is 4.71. The predicted molar refractivity (Wildman–Crippen MR) is 213 cm³/mol. The Bertz CT molecular complexity index is 1900. The second-order valence-corrected chi connectivity index (χ2v) is 15.6. The van der Waals surface area contributed by atoms with Crippen molar-refractivity contribution in [2.24, 2.45) is 23.3 Å². The lowest BCUT2D eigenvalue weighted by molar-refractivity contribution is -0.144. The lowest BCUT2D eigenvalue weighted by Crippen LogP contribution is -2.61. The predicted octanol–water partition coefficient (Wildman–Crippen LogP) is -0.300. The lowest BCUT2D eigenvalue weighted by Gasteiger charge is -2.39. The number of hydroxylamine groups is 1. The average Bonchev–Trinajstić information content (AvgIpc) is 3.16.